The van der Waals surface area contributed by atoms with Gasteiger partial charge in [-0.25, -0.2) is 4.98 Å². The van der Waals surface area contributed by atoms with Crippen molar-refractivity contribution in [2.24, 2.45) is 0 Å². The Balaban J connectivity index is 1.99. The first kappa shape index (κ1) is 15.4. The number of thiazole rings is 1. The lowest BCUT2D eigenvalue weighted by Crippen LogP contribution is -2.31. The molecule has 1 aliphatic rings. The highest BCUT2D eigenvalue weighted by atomic mass is 32.1. The van der Waals surface area contributed by atoms with Crippen LogP contribution in [0.15, 0.2) is 0 Å². The summed E-state index contributed by atoms with van der Waals surface area (Å²) in [6, 6.07) is 0.217. The average Bonchev–Trinajstić information content (AvgIpc) is 2.80. The fraction of sp³-hybridized carbons (Fsp3) is 0.733. The number of aryl methyl sites for hydroxylation is 1. The molecule has 20 heavy (non-hydrogen) atoms. The van der Waals surface area contributed by atoms with Crippen molar-refractivity contribution in [3.05, 3.63) is 15.6 Å². The highest BCUT2D eigenvalue weighted by molar-refractivity contribution is 7.13. The van der Waals surface area contributed by atoms with Gasteiger partial charge in [-0.05, 0) is 46.2 Å². The Morgan fingerprint density at radius 3 is 2.75 bits per heavy atom. The van der Waals surface area contributed by atoms with Crippen LogP contribution in [-0.2, 0) is 6.54 Å². The third-order valence-corrected chi connectivity index (χ3v) is 4.99. The zero-order valence-electron chi connectivity index (χ0n) is 12.7. The van der Waals surface area contributed by atoms with Gasteiger partial charge in [-0.1, -0.05) is 13.3 Å². The molecule has 0 aliphatic carbocycles. The van der Waals surface area contributed by atoms with Gasteiger partial charge in [0.2, 0.25) is 0 Å². The molecule has 2 rings (SSSR count). The van der Waals surface area contributed by atoms with Crippen LogP contribution in [0.1, 0.15) is 59.9 Å². The molecule has 1 saturated heterocycles. The monoisotopic (exact) mass is 295 g/mol. The maximum atomic E-state index is 12.2. The molecule has 1 fully saturated rings. The van der Waals surface area contributed by atoms with Crippen LogP contribution < -0.4 is 5.32 Å². The number of likely N-dealkylation sites (tertiary alicyclic amines) is 1. The normalized spacial score (nSPS) is 17.9. The third kappa shape index (κ3) is 4.03. The average molecular weight is 295 g/mol. The number of amides is 1. The quantitative estimate of drug-likeness (QED) is 0.908. The Morgan fingerprint density at radius 2 is 2.10 bits per heavy atom. The standard InChI is InChI=1S/C15H25N3OS/c1-4-11(2)16-15(19)14-12(3)17-13(20-14)10-18-8-6-5-7-9-18/h11H,4-10H2,1-3H3,(H,16,19). The largest absolute Gasteiger partial charge is 0.349 e. The van der Waals surface area contributed by atoms with Crippen LogP contribution >= 0.6 is 11.3 Å². The van der Waals surface area contributed by atoms with Crippen LogP contribution in [0.25, 0.3) is 0 Å². The first-order valence-corrected chi connectivity index (χ1v) is 8.41. The topological polar surface area (TPSA) is 45.2 Å². The van der Waals surface area contributed by atoms with Crippen molar-refractivity contribution in [3.63, 3.8) is 0 Å². The summed E-state index contributed by atoms with van der Waals surface area (Å²) in [7, 11) is 0. The van der Waals surface area contributed by atoms with Gasteiger partial charge in [0.05, 0.1) is 12.2 Å². The molecule has 1 amide bonds. The maximum Gasteiger partial charge on any atom is 0.263 e. The Hall–Kier alpha value is -0.940. The summed E-state index contributed by atoms with van der Waals surface area (Å²) >= 11 is 1.55. The fourth-order valence-corrected chi connectivity index (χ4v) is 3.44. The van der Waals surface area contributed by atoms with E-state index in [9.17, 15) is 4.79 Å². The van der Waals surface area contributed by atoms with Crippen LogP contribution in [-0.4, -0.2) is 34.9 Å². The maximum absolute atomic E-state index is 12.2. The molecule has 1 N–H and O–H groups in total. The summed E-state index contributed by atoms with van der Waals surface area (Å²) in [6.07, 6.45) is 4.86. The van der Waals surface area contributed by atoms with Crippen molar-refractivity contribution < 1.29 is 4.79 Å². The van der Waals surface area contributed by atoms with E-state index in [2.05, 4.69) is 22.1 Å². The summed E-state index contributed by atoms with van der Waals surface area (Å²) in [6.45, 7) is 9.25. The highest BCUT2D eigenvalue weighted by Gasteiger charge is 2.18. The van der Waals surface area contributed by atoms with E-state index in [4.69, 9.17) is 0 Å². The molecule has 0 spiro atoms. The molecule has 112 valence electrons. The molecular weight excluding hydrogens is 270 g/mol. The van der Waals surface area contributed by atoms with Crippen LogP contribution in [0.3, 0.4) is 0 Å². The molecule has 2 heterocycles. The first-order valence-electron chi connectivity index (χ1n) is 7.59. The van der Waals surface area contributed by atoms with Crippen molar-refractivity contribution in [3.8, 4) is 0 Å². The Bertz CT molecular complexity index is 452. The van der Waals surface area contributed by atoms with Gasteiger partial charge in [-0.2, -0.15) is 0 Å². The van der Waals surface area contributed by atoms with Gasteiger partial charge >= 0.3 is 0 Å². The zero-order chi connectivity index (χ0) is 14.5. The number of piperidine rings is 1. The van der Waals surface area contributed by atoms with Crippen molar-refractivity contribution in [2.45, 2.75) is 59.0 Å². The summed E-state index contributed by atoms with van der Waals surface area (Å²) < 4.78 is 0. The second kappa shape index (κ2) is 7.18. The molecule has 0 saturated carbocycles. The lowest BCUT2D eigenvalue weighted by atomic mass is 10.1. The van der Waals surface area contributed by atoms with Crippen LogP contribution in [0.4, 0.5) is 0 Å². The molecule has 4 nitrogen and oxygen atoms in total. The van der Waals surface area contributed by atoms with Gasteiger partial charge in [0.1, 0.15) is 9.88 Å². The molecule has 5 heteroatoms. The predicted octanol–water partition coefficient (Wildman–Crippen LogP) is 2.97. The second-order valence-electron chi connectivity index (χ2n) is 5.64. The Morgan fingerprint density at radius 1 is 1.40 bits per heavy atom. The van der Waals surface area contributed by atoms with Gasteiger partial charge in [0.25, 0.3) is 5.91 Å². The number of hydrogen-bond donors (Lipinski definition) is 1. The number of rotatable bonds is 5. The lowest BCUT2D eigenvalue weighted by Gasteiger charge is -2.25. The van der Waals surface area contributed by atoms with Gasteiger partial charge in [-0.3, -0.25) is 9.69 Å². The second-order valence-corrected chi connectivity index (χ2v) is 6.73. The highest BCUT2D eigenvalue weighted by Crippen LogP contribution is 2.21. The third-order valence-electron chi connectivity index (χ3n) is 3.84. The van der Waals surface area contributed by atoms with Gasteiger partial charge < -0.3 is 5.32 Å². The molecule has 0 radical (unpaired) electrons. The molecular formula is C15H25N3OS. The minimum atomic E-state index is 0.0271. The van der Waals surface area contributed by atoms with Crippen molar-refractivity contribution in [1.82, 2.24) is 15.2 Å². The lowest BCUT2D eigenvalue weighted by molar-refractivity contribution is 0.0942. The number of carbonyl (C=O) groups is 1. The molecule has 0 aromatic carbocycles. The van der Waals surface area contributed by atoms with E-state index < -0.39 is 0 Å². The molecule has 1 unspecified atom stereocenters. The van der Waals surface area contributed by atoms with Crippen LogP contribution in [0, 0.1) is 6.92 Å². The predicted molar refractivity (Wildman–Crippen MR) is 83.2 cm³/mol. The summed E-state index contributed by atoms with van der Waals surface area (Å²) in [5.74, 6) is 0.0271. The molecule has 1 aromatic heterocycles. The minimum Gasteiger partial charge on any atom is -0.349 e. The van der Waals surface area contributed by atoms with E-state index in [1.54, 1.807) is 11.3 Å². The first-order chi connectivity index (χ1) is 9.60. The van der Waals surface area contributed by atoms with Gasteiger partial charge in [-0.15, -0.1) is 11.3 Å². The SMILES string of the molecule is CCC(C)NC(=O)c1sc(CN2CCCCC2)nc1C. The number of carbonyl (C=O) groups excluding carboxylic acids is 1. The fourth-order valence-electron chi connectivity index (χ4n) is 2.43. The van der Waals surface area contributed by atoms with Crippen molar-refractivity contribution in [1.29, 1.82) is 0 Å². The minimum absolute atomic E-state index is 0.0271. The van der Waals surface area contributed by atoms with E-state index >= 15 is 0 Å². The van der Waals surface area contributed by atoms with E-state index in [1.807, 2.05) is 13.8 Å². The van der Waals surface area contributed by atoms with Crippen molar-refractivity contribution >= 4 is 17.2 Å². The van der Waals surface area contributed by atoms with E-state index in [0.717, 1.165) is 41.6 Å². The van der Waals surface area contributed by atoms with E-state index in [1.165, 1.54) is 19.3 Å². The number of hydrogen-bond acceptors (Lipinski definition) is 4. The zero-order valence-corrected chi connectivity index (χ0v) is 13.6. The molecule has 1 aromatic rings. The van der Waals surface area contributed by atoms with E-state index in [-0.39, 0.29) is 11.9 Å². The van der Waals surface area contributed by atoms with Gasteiger partial charge in [0.15, 0.2) is 0 Å². The van der Waals surface area contributed by atoms with Gasteiger partial charge in [0, 0.05) is 6.04 Å². The smallest absolute Gasteiger partial charge is 0.263 e. The molecule has 1 atom stereocenters. The summed E-state index contributed by atoms with van der Waals surface area (Å²) in [4.78, 5) is 20.0. The summed E-state index contributed by atoms with van der Waals surface area (Å²) in [5.41, 5.74) is 0.864. The van der Waals surface area contributed by atoms with Crippen LogP contribution in [0.2, 0.25) is 0 Å². The Labute approximate surface area is 125 Å². The van der Waals surface area contributed by atoms with Crippen molar-refractivity contribution in [2.75, 3.05) is 13.1 Å². The Kier molecular flexibility index (Phi) is 5.54. The number of nitrogens with one attached hydrogen (secondary N) is 1. The number of nitrogens with zero attached hydrogens (tertiary/aromatic N) is 2. The number of aromatic nitrogens is 1. The molecule has 0 bridgehead atoms. The summed E-state index contributed by atoms with van der Waals surface area (Å²) in [5, 5.41) is 4.09. The molecule has 1 aliphatic heterocycles. The van der Waals surface area contributed by atoms with E-state index in [0.29, 0.717) is 0 Å². The van der Waals surface area contributed by atoms with Crippen LogP contribution in [0.5, 0.6) is 0 Å².